The average Bonchev–Trinajstić information content (AvgIpc) is 2.74. The molecule has 2 N–H and O–H groups in total. The van der Waals surface area contributed by atoms with Gasteiger partial charge in [0.2, 0.25) is 0 Å². The third kappa shape index (κ3) is 7.75. The molecule has 0 radical (unpaired) electrons. The van der Waals surface area contributed by atoms with Crippen LogP contribution in [-0.2, 0) is 6.54 Å². The minimum atomic E-state index is 0. The summed E-state index contributed by atoms with van der Waals surface area (Å²) in [6.07, 6.45) is 0. The Balaban J connectivity index is 0.00000450. The normalized spacial score (nSPS) is 11.6. The fraction of sp³-hybridized carbons (Fsp3) is 0.391. The lowest BCUT2D eigenvalue weighted by Crippen LogP contribution is -2.38. The molecular formula is C23H31IN4O2. The number of ether oxygens (including phenoxy) is 2. The lowest BCUT2D eigenvalue weighted by atomic mass is 10.1. The topological polar surface area (TPSA) is 78.7 Å². The standard InChI is InChI=1S/C23H30N4O2.HI/c1-5-25-23(26-16-19-10-8-9-18(13-19)15-24)27-17(4)20-11-12-21(28-6-2)22(14-20)29-7-3;/h8-14,17H,5-7,16H2,1-4H3,(H2,25,26,27);1H. The smallest absolute Gasteiger partial charge is 0.192 e. The van der Waals surface area contributed by atoms with Crippen LogP contribution in [0.1, 0.15) is 50.4 Å². The van der Waals surface area contributed by atoms with Crippen molar-refractivity contribution in [1.29, 1.82) is 5.26 Å². The third-order valence-corrected chi connectivity index (χ3v) is 4.24. The quantitative estimate of drug-likeness (QED) is 0.281. The van der Waals surface area contributed by atoms with E-state index in [2.05, 4.69) is 28.6 Å². The van der Waals surface area contributed by atoms with E-state index in [1.54, 1.807) is 6.07 Å². The predicted octanol–water partition coefficient (Wildman–Crippen LogP) is 4.79. The minimum Gasteiger partial charge on any atom is -0.490 e. The number of aliphatic imine (C=N–C) groups is 1. The molecular weight excluding hydrogens is 491 g/mol. The van der Waals surface area contributed by atoms with Gasteiger partial charge in [-0.15, -0.1) is 24.0 Å². The predicted molar refractivity (Wildman–Crippen MR) is 132 cm³/mol. The first kappa shape index (κ1) is 25.6. The van der Waals surface area contributed by atoms with Gasteiger partial charge < -0.3 is 20.1 Å². The van der Waals surface area contributed by atoms with Gasteiger partial charge in [-0.05, 0) is 63.1 Å². The summed E-state index contributed by atoms with van der Waals surface area (Å²) in [4.78, 5) is 4.66. The second kappa shape index (κ2) is 13.7. The minimum absolute atomic E-state index is 0. The van der Waals surface area contributed by atoms with E-state index in [-0.39, 0.29) is 30.0 Å². The second-order valence-electron chi connectivity index (χ2n) is 6.45. The number of benzene rings is 2. The molecule has 0 amide bonds. The molecule has 0 aliphatic rings. The second-order valence-corrected chi connectivity index (χ2v) is 6.45. The van der Waals surface area contributed by atoms with Gasteiger partial charge in [-0.25, -0.2) is 4.99 Å². The zero-order valence-electron chi connectivity index (χ0n) is 18.1. The molecule has 0 fully saturated rings. The summed E-state index contributed by atoms with van der Waals surface area (Å²) in [5.41, 5.74) is 2.71. The number of nitrogens with one attached hydrogen (secondary N) is 2. The highest BCUT2D eigenvalue weighted by atomic mass is 127. The van der Waals surface area contributed by atoms with Crippen molar-refractivity contribution in [2.75, 3.05) is 19.8 Å². The van der Waals surface area contributed by atoms with Gasteiger partial charge in [-0.2, -0.15) is 5.26 Å². The maximum absolute atomic E-state index is 9.05. The zero-order valence-corrected chi connectivity index (χ0v) is 20.4. The van der Waals surface area contributed by atoms with Crippen molar-refractivity contribution in [3.63, 3.8) is 0 Å². The van der Waals surface area contributed by atoms with Crippen molar-refractivity contribution in [3.05, 3.63) is 59.2 Å². The Morgan fingerprint density at radius 3 is 2.47 bits per heavy atom. The van der Waals surface area contributed by atoms with E-state index in [1.807, 2.05) is 57.2 Å². The lowest BCUT2D eigenvalue weighted by molar-refractivity contribution is 0.287. The van der Waals surface area contributed by atoms with Crippen molar-refractivity contribution in [1.82, 2.24) is 10.6 Å². The lowest BCUT2D eigenvalue weighted by Gasteiger charge is -2.20. The fourth-order valence-electron chi connectivity index (χ4n) is 2.86. The molecule has 162 valence electrons. The van der Waals surface area contributed by atoms with Gasteiger partial charge in [0.25, 0.3) is 0 Å². The molecule has 6 nitrogen and oxygen atoms in total. The van der Waals surface area contributed by atoms with Crippen LogP contribution in [-0.4, -0.2) is 25.7 Å². The van der Waals surface area contributed by atoms with Crippen LogP contribution < -0.4 is 20.1 Å². The Morgan fingerprint density at radius 2 is 1.80 bits per heavy atom. The summed E-state index contributed by atoms with van der Waals surface area (Å²) >= 11 is 0. The number of guanidine groups is 1. The molecule has 2 aromatic rings. The molecule has 0 aliphatic heterocycles. The molecule has 1 unspecified atom stereocenters. The summed E-state index contributed by atoms with van der Waals surface area (Å²) in [7, 11) is 0. The maximum atomic E-state index is 9.05. The number of hydrogen-bond donors (Lipinski definition) is 2. The van der Waals surface area contributed by atoms with Crippen LogP contribution in [0, 0.1) is 11.3 Å². The van der Waals surface area contributed by atoms with Gasteiger partial charge in [-0.1, -0.05) is 18.2 Å². The van der Waals surface area contributed by atoms with Crippen molar-refractivity contribution < 1.29 is 9.47 Å². The largest absolute Gasteiger partial charge is 0.490 e. The molecule has 0 spiro atoms. The van der Waals surface area contributed by atoms with Crippen molar-refractivity contribution in [2.45, 2.75) is 40.3 Å². The Bertz CT molecular complexity index is 865. The van der Waals surface area contributed by atoms with E-state index < -0.39 is 0 Å². The highest BCUT2D eigenvalue weighted by Crippen LogP contribution is 2.30. The van der Waals surface area contributed by atoms with E-state index >= 15 is 0 Å². The molecule has 0 aromatic heterocycles. The van der Waals surface area contributed by atoms with Gasteiger partial charge in [0.1, 0.15) is 0 Å². The summed E-state index contributed by atoms with van der Waals surface area (Å²) < 4.78 is 11.4. The van der Waals surface area contributed by atoms with Crippen LogP contribution in [0.25, 0.3) is 0 Å². The number of nitrogens with zero attached hydrogens (tertiary/aromatic N) is 2. The Hall–Kier alpha value is -2.47. The first-order chi connectivity index (χ1) is 14.1. The highest BCUT2D eigenvalue weighted by molar-refractivity contribution is 14.0. The van der Waals surface area contributed by atoms with Crippen LogP contribution in [0.5, 0.6) is 11.5 Å². The molecule has 2 rings (SSSR count). The Kier molecular flexibility index (Phi) is 11.7. The molecule has 1 atom stereocenters. The number of halogens is 1. The van der Waals surface area contributed by atoms with Gasteiger partial charge in [0.05, 0.1) is 37.4 Å². The molecule has 0 saturated carbocycles. The Labute approximate surface area is 196 Å². The van der Waals surface area contributed by atoms with Crippen molar-refractivity contribution in [2.24, 2.45) is 4.99 Å². The molecule has 7 heteroatoms. The summed E-state index contributed by atoms with van der Waals surface area (Å²) in [5.74, 6) is 2.22. The Morgan fingerprint density at radius 1 is 1.07 bits per heavy atom. The van der Waals surface area contributed by atoms with Gasteiger partial charge in [-0.3, -0.25) is 0 Å². The fourth-order valence-corrected chi connectivity index (χ4v) is 2.86. The first-order valence-corrected chi connectivity index (χ1v) is 10.0. The van der Waals surface area contributed by atoms with E-state index in [0.717, 1.165) is 29.2 Å². The van der Waals surface area contributed by atoms with Crippen LogP contribution in [0.2, 0.25) is 0 Å². The van der Waals surface area contributed by atoms with Gasteiger partial charge >= 0.3 is 0 Å². The molecule has 0 saturated heterocycles. The first-order valence-electron chi connectivity index (χ1n) is 10.0. The van der Waals surface area contributed by atoms with E-state index in [4.69, 9.17) is 14.7 Å². The molecule has 30 heavy (non-hydrogen) atoms. The van der Waals surface area contributed by atoms with E-state index in [0.29, 0.717) is 31.3 Å². The van der Waals surface area contributed by atoms with Gasteiger partial charge in [0.15, 0.2) is 17.5 Å². The number of nitriles is 1. The van der Waals surface area contributed by atoms with E-state index in [1.165, 1.54) is 0 Å². The zero-order chi connectivity index (χ0) is 21.1. The summed E-state index contributed by atoms with van der Waals surface area (Å²) in [5, 5.41) is 15.8. The SMILES string of the molecule is CCNC(=NCc1cccc(C#N)c1)NC(C)c1ccc(OCC)c(OCC)c1.I. The number of rotatable bonds is 9. The van der Waals surface area contributed by atoms with Gasteiger partial charge in [0, 0.05) is 6.54 Å². The summed E-state index contributed by atoms with van der Waals surface area (Å²) in [6, 6.07) is 15.7. The maximum Gasteiger partial charge on any atom is 0.192 e. The van der Waals surface area contributed by atoms with E-state index in [9.17, 15) is 0 Å². The molecule has 0 bridgehead atoms. The monoisotopic (exact) mass is 522 g/mol. The molecule has 2 aromatic carbocycles. The molecule has 0 aliphatic carbocycles. The van der Waals surface area contributed by atoms with Crippen molar-refractivity contribution in [3.8, 4) is 17.6 Å². The third-order valence-electron chi connectivity index (χ3n) is 4.24. The average molecular weight is 522 g/mol. The van der Waals surface area contributed by atoms with Crippen LogP contribution in [0.3, 0.4) is 0 Å². The van der Waals surface area contributed by atoms with Crippen LogP contribution >= 0.6 is 24.0 Å². The van der Waals surface area contributed by atoms with Crippen LogP contribution in [0.4, 0.5) is 0 Å². The highest BCUT2D eigenvalue weighted by Gasteiger charge is 2.12. The molecule has 0 heterocycles. The summed E-state index contributed by atoms with van der Waals surface area (Å²) in [6.45, 7) is 10.4. The van der Waals surface area contributed by atoms with Crippen LogP contribution in [0.15, 0.2) is 47.5 Å². The number of hydrogen-bond acceptors (Lipinski definition) is 4. The van der Waals surface area contributed by atoms with Crippen molar-refractivity contribution >= 4 is 29.9 Å².